The molecule has 1 N–H and O–H groups in total. The summed E-state index contributed by atoms with van der Waals surface area (Å²) in [6.45, 7) is 6.04. The average Bonchev–Trinajstić information content (AvgIpc) is 3.32. The zero-order chi connectivity index (χ0) is 23.8. The molecule has 4 heterocycles. The summed E-state index contributed by atoms with van der Waals surface area (Å²) in [7, 11) is 0. The normalized spacial score (nSPS) is 15.5. The molecule has 0 unspecified atom stereocenters. The van der Waals surface area contributed by atoms with E-state index in [0.717, 1.165) is 52.3 Å². The van der Waals surface area contributed by atoms with Crippen LogP contribution >= 0.6 is 11.8 Å². The number of nitrogens with zero attached hydrogens (tertiary/aromatic N) is 4. The van der Waals surface area contributed by atoms with Crippen LogP contribution in [0.2, 0.25) is 0 Å². The molecule has 0 aliphatic carbocycles. The molecule has 0 bridgehead atoms. The SMILES string of the molecule is Cc1cc2cc3c(cc2n2c(SCC(=O)Nc4ccccc4N4CCOCC4)nnc12)OCCO3. The van der Waals surface area contributed by atoms with Crippen molar-refractivity contribution in [2.75, 3.05) is 55.5 Å². The topological polar surface area (TPSA) is 90.2 Å². The minimum Gasteiger partial charge on any atom is -0.486 e. The summed E-state index contributed by atoms with van der Waals surface area (Å²) in [4.78, 5) is 15.2. The second-order valence-corrected chi connectivity index (χ2v) is 9.42. The van der Waals surface area contributed by atoms with Gasteiger partial charge in [0.05, 0.1) is 35.9 Å². The minimum absolute atomic E-state index is 0.0986. The van der Waals surface area contributed by atoms with Crippen LogP contribution < -0.4 is 19.7 Å². The Hall–Kier alpha value is -3.50. The first kappa shape index (κ1) is 22.0. The first-order chi connectivity index (χ1) is 17.2. The van der Waals surface area contributed by atoms with Crippen LogP contribution in [0.3, 0.4) is 0 Å². The Kier molecular flexibility index (Phi) is 5.83. The molecule has 2 aromatic carbocycles. The summed E-state index contributed by atoms with van der Waals surface area (Å²) in [6, 6.07) is 13.9. The molecule has 2 aromatic heterocycles. The molecule has 10 heteroatoms. The molecule has 4 aromatic rings. The van der Waals surface area contributed by atoms with E-state index in [4.69, 9.17) is 14.2 Å². The third-order valence-electron chi connectivity index (χ3n) is 6.15. The van der Waals surface area contributed by atoms with Crippen molar-refractivity contribution in [1.82, 2.24) is 14.6 Å². The number of ether oxygens (including phenoxy) is 3. The van der Waals surface area contributed by atoms with Gasteiger partial charge in [-0.05, 0) is 36.8 Å². The van der Waals surface area contributed by atoms with Crippen molar-refractivity contribution in [1.29, 1.82) is 0 Å². The summed E-state index contributed by atoms with van der Waals surface area (Å²) in [5.74, 6) is 1.55. The van der Waals surface area contributed by atoms with Gasteiger partial charge in [0.25, 0.3) is 0 Å². The zero-order valence-electron chi connectivity index (χ0n) is 19.3. The van der Waals surface area contributed by atoms with Gasteiger partial charge in [0.1, 0.15) is 13.2 Å². The van der Waals surface area contributed by atoms with Gasteiger partial charge in [-0.25, -0.2) is 0 Å². The van der Waals surface area contributed by atoms with Crippen LogP contribution in [0.15, 0.2) is 47.6 Å². The molecule has 0 spiro atoms. The Balaban J connectivity index is 1.25. The number of hydrogen-bond acceptors (Lipinski definition) is 8. The number of para-hydroxylation sites is 2. The molecule has 1 amide bonds. The van der Waals surface area contributed by atoms with Gasteiger partial charge in [-0.3, -0.25) is 9.20 Å². The predicted molar refractivity (Wildman–Crippen MR) is 135 cm³/mol. The summed E-state index contributed by atoms with van der Waals surface area (Å²) in [6.07, 6.45) is 0. The van der Waals surface area contributed by atoms with E-state index in [9.17, 15) is 4.79 Å². The lowest BCUT2D eigenvalue weighted by Crippen LogP contribution is -2.36. The van der Waals surface area contributed by atoms with E-state index in [2.05, 4.69) is 26.5 Å². The molecule has 180 valence electrons. The Bertz CT molecular complexity index is 1420. The average molecular weight is 492 g/mol. The Morgan fingerprint density at radius 3 is 2.63 bits per heavy atom. The number of benzene rings is 2. The Morgan fingerprint density at radius 1 is 1.03 bits per heavy atom. The second-order valence-electron chi connectivity index (χ2n) is 8.48. The van der Waals surface area contributed by atoms with Crippen molar-refractivity contribution in [3.05, 3.63) is 48.0 Å². The number of fused-ring (bicyclic) bond motifs is 4. The molecular formula is C25H25N5O4S. The highest BCUT2D eigenvalue weighted by Crippen LogP contribution is 2.36. The molecule has 6 rings (SSSR count). The second kappa shape index (κ2) is 9.27. The molecule has 1 fully saturated rings. The van der Waals surface area contributed by atoms with Crippen LogP contribution in [0.4, 0.5) is 11.4 Å². The number of hydrogen-bond donors (Lipinski definition) is 1. The number of anilines is 2. The van der Waals surface area contributed by atoms with Crippen molar-refractivity contribution in [3.8, 4) is 11.5 Å². The van der Waals surface area contributed by atoms with Crippen LogP contribution in [0.5, 0.6) is 11.5 Å². The van der Waals surface area contributed by atoms with Gasteiger partial charge in [-0.2, -0.15) is 0 Å². The highest BCUT2D eigenvalue weighted by atomic mass is 32.2. The summed E-state index contributed by atoms with van der Waals surface area (Å²) >= 11 is 1.36. The standard InChI is InChI=1S/C25H25N5O4S/c1-16-12-17-13-21-22(34-11-10-33-21)14-20(17)30-24(16)27-28-25(30)35-15-23(31)26-18-4-2-3-5-19(18)29-6-8-32-9-7-29/h2-5,12-14H,6-11,15H2,1H3,(H,26,31). The van der Waals surface area contributed by atoms with Gasteiger partial charge in [-0.1, -0.05) is 23.9 Å². The van der Waals surface area contributed by atoms with Crippen molar-refractivity contribution in [2.24, 2.45) is 0 Å². The summed E-state index contributed by atoms with van der Waals surface area (Å²) in [5.41, 5.74) is 4.49. The van der Waals surface area contributed by atoms with Gasteiger partial charge in [0, 0.05) is 24.5 Å². The van der Waals surface area contributed by atoms with E-state index < -0.39 is 0 Å². The summed E-state index contributed by atoms with van der Waals surface area (Å²) in [5, 5.41) is 13.5. The van der Waals surface area contributed by atoms with Crippen molar-refractivity contribution in [3.63, 3.8) is 0 Å². The molecule has 0 radical (unpaired) electrons. The minimum atomic E-state index is -0.0986. The van der Waals surface area contributed by atoms with E-state index in [1.54, 1.807) is 0 Å². The van der Waals surface area contributed by atoms with E-state index in [1.807, 2.05) is 47.7 Å². The van der Waals surface area contributed by atoms with Gasteiger partial charge in [-0.15, -0.1) is 10.2 Å². The van der Waals surface area contributed by atoms with Crippen molar-refractivity contribution >= 4 is 45.6 Å². The maximum atomic E-state index is 12.9. The van der Waals surface area contributed by atoms with Crippen molar-refractivity contribution in [2.45, 2.75) is 12.1 Å². The quantitative estimate of drug-likeness (QED) is 0.424. The van der Waals surface area contributed by atoms with Crippen LogP contribution in [0, 0.1) is 6.92 Å². The van der Waals surface area contributed by atoms with E-state index in [-0.39, 0.29) is 11.7 Å². The number of carbonyl (C=O) groups excluding carboxylic acids is 1. The third kappa shape index (κ3) is 4.23. The number of morpholine rings is 1. The predicted octanol–water partition coefficient (Wildman–Crippen LogP) is 3.53. The van der Waals surface area contributed by atoms with Gasteiger partial charge in [0.2, 0.25) is 5.91 Å². The molecule has 9 nitrogen and oxygen atoms in total. The zero-order valence-corrected chi connectivity index (χ0v) is 20.1. The van der Waals surface area contributed by atoms with E-state index in [0.29, 0.717) is 37.3 Å². The number of pyridine rings is 1. The number of rotatable bonds is 5. The van der Waals surface area contributed by atoms with Crippen LogP contribution in [0.25, 0.3) is 16.6 Å². The number of nitrogens with one attached hydrogen (secondary N) is 1. The molecule has 0 saturated carbocycles. The van der Waals surface area contributed by atoms with Crippen molar-refractivity contribution < 1.29 is 19.0 Å². The monoisotopic (exact) mass is 491 g/mol. The van der Waals surface area contributed by atoms with Crippen LogP contribution in [-0.4, -0.2) is 65.8 Å². The first-order valence-corrected chi connectivity index (χ1v) is 12.6. The Labute approximate surface area is 206 Å². The fourth-order valence-electron chi connectivity index (χ4n) is 4.51. The molecule has 1 saturated heterocycles. The lowest BCUT2D eigenvalue weighted by atomic mass is 10.1. The number of thioether (sulfide) groups is 1. The molecular weight excluding hydrogens is 466 g/mol. The highest BCUT2D eigenvalue weighted by Gasteiger charge is 2.19. The van der Waals surface area contributed by atoms with E-state index in [1.165, 1.54) is 11.8 Å². The number of aryl methyl sites for hydroxylation is 1. The fourth-order valence-corrected chi connectivity index (χ4v) is 5.26. The van der Waals surface area contributed by atoms with Crippen LogP contribution in [-0.2, 0) is 9.53 Å². The largest absolute Gasteiger partial charge is 0.486 e. The molecule has 2 aliphatic rings. The van der Waals surface area contributed by atoms with Gasteiger partial charge < -0.3 is 24.4 Å². The van der Waals surface area contributed by atoms with Gasteiger partial charge >= 0.3 is 0 Å². The number of carbonyl (C=O) groups is 1. The van der Waals surface area contributed by atoms with Gasteiger partial charge in [0.15, 0.2) is 22.3 Å². The maximum Gasteiger partial charge on any atom is 0.234 e. The molecule has 0 atom stereocenters. The fraction of sp³-hybridized carbons (Fsp3) is 0.320. The number of amides is 1. The third-order valence-corrected chi connectivity index (χ3v) is 7.08. The molecule has 2 aliphatic heterocycles. The molecule has 35 heavy (non-hydrogen) atoms. The maximum absolute atomic E-state index is 12.9. The van der Waals surface area contributed by atoms with E-state index >= 15 is 0 Å². The van der Waals surface area contributed by atoms with Crippen LogP contribution in [0.1, 0.15) is 5.56 Å². The highest BCUT2D eigenvalue weighted by molar-refractivity contribution is 7.99. The Morgan fingerprint density at radius 2 is 1.80 bits per heavy atom. The first-order valence-electron chi connectivity index (χ1n) is 11.6. The lowest BCUT2D eigenvalue weighted by Gasteiger charge is -2.30. The summed E-state index contributed by atoms with van der Waals surface area (Å²) < 4.78 is 19.0. The smallest absolute Gasteiger partial charge is 0.234 e. The number of aromatic nitrogens is 3. The lowest BCUT2D eigenvalue weighted by molar-refractivity contribution is -0.113.